The molecule has 0 amide bonds. The Hall–Kier alpha value is -1.16. The monoisotopic (exact) mass is 207 g/mol. The van der Waals surface area contributed by atoms with Crippen LogP contribution in [-0.2, 0) is 0 Å². The Kier molecular flexibility index (Phi) is 1.92. The lowest BCUT2D eigenvalue weighted by molar-refractivity contribution is 0.565. The lowest BCUT2D eigenvalue weighted by atomic mass is 10.2. The van der Waals surface area contributed by atoms with Crippen LogP contribution in [-0.4, -0.2) is 30.2 Å². The predicted molar refractivity (Wildman–Crippen MR) is 56.5 cm³/mol. The number of fused-ring (bicyclic) bond motifs is 2. The Bertz CT molecular complexity index is 393. The maximum atomic E-state index is 13.0. The first kappa shape index (κ1) is 9.09. The molecule has 1 aromatic rings. The number of hydrogen-bond acceptors (Lipinski definition) is 3. The van der Waals surface area contributed by atoms with Crippen LogP contribution in [0.4, 0.5) is 10.1 Å². The van der Waals surface area contributed by atoms with Gasteiger partial charge in [-0.3, -0.25) is 0 Å². The van der Waals surface area contributed by atoms with E-state index in [1.165, 1.54) is 6.42 Å². The van der Waals surface area contributed by atoms with Crippen molar-refractivity contribution in [3.8, 4) is 0 Å². The molecule has 1 aromatic heterocycles. The molecule has 3 nitrogen and oxygen atoms in total. The van der Waals surface area contributed by atoms with E-state index in [4.69, 9.17) is 0 Å². The fourth-order valence-corrected chi connectivity index (χ4v) is 2.58. The number of pyridine rings is 1. The van der Waals surface area contributed by atoms with Crippen LogP contribution in [0.2, 0.25) is 0 Å². The lowest BCUT2D eigenvalue weighted by Crippen LogP contribution is -2.43. The lowest BCUT2D eigenvalue weighted by Gasteiger charge is -2.29. The zero-order chi connectivity index (χ0) is 10.4. The molecule has 2 aliphatic rings. The van der Waals surface area contributed by atoms with Gasteiger partial charge in [0.25, 0.3) is 0 Å². The first-order valence-corrected chi connectivity index (χ1v) is 5.36. The van der Waals surface area contributed by atoms with Gasteiger partial charge in [-0.2, -0.15) is 4.39 Å². The van der Waals surface area contributed by atoms with Crippen molar-refractivity contribution in [1.82, 2.24) is 10.3 Å². The Balaban J connectivity index is 1.90. The molecule has 0 aromatic carbocycles. The summed E-state index contributed by atoms with van der Waals surface area (Å²) >= 11 is 0. The number of piperazine rings is 1. The minimum absolute atomic E-state index is 0.360. The third-order valence-electron chi connectivity index (χ3n) is 3.39. The Morgan fingerprint density at radius 2 is 2.47 bits per heavy atom. The maximum Gasteiger partial charge on any atom is 0.215 e. The van der Waals surface area contributed by atoms with Crippen LogP contribution in [0.5, 0.6) is 0 Å². The van der Waals surface area contributed by atoms with E-state index >= 15 is 0 Å². The molecule has 2 aliphatic heterocycles. The molecule has 3 rings (SSSR count). The molecule has 2 bridgehead atoms. The van der Waals surface area contributed by atoms with Gasteiger partial charge in [-0.25, -0.2) is 4.98 Å². The van der Waals surface area contributed by atoms with Crippen molar-refractivity contribution in [3.05, 3.63) is 23.8 Å². The highest BCUT2D eigenvalue weighted by Gasteiger charge is 2.37. The molecular weight excluding hydrogens is 193 g/mol. The summed E-state index contributed by atoms with van der Waals surface area (Å²) in [7, 11) is 0. The van der Waals surface area contributed by atoms with E-state index in [-0.39, 0.29) is 5.95 Å². The van der Waals surface area contributed by atoms with Crippen molar-refractivity contribution >= 4 is 5.69 Å². The van der Waals surface area contributed by atoms with Crippen LogP contribution in [0.3, 0.4) is 0 Å². The summed E-state index contributed by atoms with van der Waals surface area (Å²) < 4.78 is 13.0. The van der Waals surface area contributed by atoms with Gasteiger partial charge in [0.2, 0.25) is 5.95 Å². The number of halogens is 1. The number of hydrogen-bond donors (Lipinski definition) is 1. The van der Waals surface area contributed by atoms with Crippen molar-refractivity contribution in [2.45, 2.75) is 25.4 Å². The van der Waals surface area contributed by atoms with Crippen LogP contribution in [0, 0.1) is 12.9 Å². The van der Waals surface area contributed by atoms with Crippen LogP contribution in [0.25, 0.3) is 0 Å². The number of nitrogens with one attached hydrogen (secondary N) is 1. The Labute approximate surface area is 88.3 Å². The third-order valence-corrected chi connectivity index (χ3v) is 3.39. The molecule has 2 atom stereocenters. The van der Waals surface area contributed by atoms with Gasteiger partial charge in [0.05, 0.1) is 11.9 Å². The van der Waals surface area contributed by atoms with Gasteiger partial charge in [0.15, 0.2) is 0 Å². The normalized spacial score (nSPS) is 28.8. The molecule has 2 saturated heterocycles. The minimum atomic E-state index is -0.360. The van der Waals surface area contributed by atoms with E-state index in [2.05, 4.69) is 15.2 Å². The molecule has 15 heavy (non-hydrogen) atoms. The second-order valence-electron chi connectivity index (χ2n) is 4.45. The fourth-order valence-electron chi connectivity index (χ4n) is 2.58. The highest BCUT2D eigenvalue weighted by Crippen LogP contribution is 2.29. The molecule has 0 spiro atoms. The molecular formula is C11H14FN3. The highest BCUT2D eigenvalue weighted by atomic mass is 19.1. The highest BCUT2D eigenvalue weighted by molar-refractivity contribution is 5.49. The summed E-state index contributed by atoms with van der Waals surface area (Å²) in [6.45, 7) is 3.83. The van der Waals surface area contributed by atoms with Crippen LogP contribution in [0.15, 0.2) is 12.3 Å². The fraction of sp³-hybridized carbons (Fsp3) is 0.545. The van der Waals surface area contributed by atoms with Gasteiger partial charge in [0.1, 0.15) is 0 Å². The van der Waals surface area contributed by atoms with E-state index < -0.39 is 0 Å². The third kappa shape index (κ3) is 1.40. The van der Waals surface area contributed by atoms with Gasteiger partial charge in [0, 0.05) is 30.7 Å². The molecule has 0 radical (unpaired) electrons. The van der Waals surface area contributed by atoms with Gasteiger partial charge in [-0.15, -0.1) is 0 Å². The number of aryl methyl sites for hydroxylation is 1. The molecule has 80 valence electrons. The van der Waals surface area contributed by atoms with Gasteiger partial charge in [-0.1, -0.05) is 0 Å². The first-order chi connectivity index (χ1) is 7.24. The topological polar surface area (TPSA) is 28.2 Å². The van der Waals surface area contributed by atoms with Gasteiger partial charge in [-0.05, 0) is 19.4 Å². The van der Waals surface area contributed by atoms with Crippen molar-refractivity contribution in [1.29, 1.82) is 0 Å². The number of nitrogens with zero attached hydrogens (tertiary/aromatic N) is 2. The van der Waals surface area contributed by atoms with Crippen molar-refractivity contribution in [2.75, 3.05) is 18.0 Å². The number of anilines is 1. The summed E-state index contributed by atoms with van der Waals surface area (Å²) in [5, 5.41) is 3.45. The number of rotatable bonds is 1. The molecule has 2 fully saturated rings. The van der Waals surface area contributed by atoms with Crippen LogP contribution >= 0.6 is 0 Å². The summed E-state index contributed by atoms with van der Waals surface area (Å²) in [6, 6.07) is 3.07. The van der Waals surface area contributed by atoms with E-state index in [1.807, 2.05) is 6.07 Å². The zero-order valence-electron chi connectivity index (χ0n) is 8.70. The molecule has 3 heterocycles. The second kappa shape index (κ2) is 3.17. The van der Waals surface area contributed by atoms with Gasteiger partial charge < -0.3 is 10.2 Å². The number of aromatic nitrogens is 1. The zero-order valence-corrected chi connectivity index (χ0v) is 8.70. The van der Waals surface area contributed by atoms with Crippen molar-refractivity contribution in [2.24, 2.45) is 0 Å². The predicted octanol–water partition coefficient (Wildman–Crippen LogP) is 1.08. The van der Waals surface area contributed by atoms with Crippen LogP contribution < -0.4 is 10.2 Å². The smallest absolute Gasteiger partial charge is 0.215 e. The van der Waals surface area contributed by atoms with Crippen molar-refractivity contribution in [3.63, 3.8) is 0 Å². The van der Waals surface area contributed by atoms with E-state index in [0.717, 1.165) is 18.8 Å². The van der Waals surface area contributed by atoms with E-state index in [9.17, 15) is 4.39 Å². The van der Waals surface area contributed by atoms with E-state index in [1.54, 1.807) is 13.1 Å². The van der Waals surface area contributed by atoms with E-state index in [0.29, 0.717) is 17.6 Å². The second-order valence-corrected chi connectivity index (χ2v) is 4.45. The summed E-state index contributed by atoms with van der Waals surface area (Å²) in [5.74, 6) is -0.360. The average Bonchev–Trinajstić information content (AvgIpc) is 2.83. The summed E-state index contributed by atoms with van der Waals surface area (Å²) in [6.07, 6.45) is 2.85. The molecule has 0 unspecified atom stereocenters. The SMILES string of the molecule is Cc1cc(N2C[C@H]3C[C@@H]2CN3)cnc1F. The Morgan fingerprint density at radius 1 is 1.60 bits per heavy atom. The average molecular weight is 207 g/mol. The molecule has 4 heteroatoms. The summed E-state index contributed by atoms with van der Waals surface area (Å²) in [4.78, 5) is 6.11. The quantitative estimate of drug-likeness (QED) is 0.698. The van der Waals surface area contributed by atoms with Crippen LogP contribution in [0.1, 0.15) is 12.0 Å². The molecule has 1 N–H and O–H groups in total. The molecule has 0 aliphatic carbocycles. The minimum Gasteiger partial charge on any atom is -0.364 e. The van der Waals surface area contributed by atoms with Crippen molar-refractivity contribution < 1.29 is 4.39 Å². The summed E-state index contributed by atoms with van der Waals surface area (Å²) in [5.41, 5.74) is 1.69. The van der Waals surface area contributed by atoms with Gasteiger partial charge >= 0.3 is 0 Å². The molecule has 0 saturated carbocycles. The standard InChI is InChI=1S/C11H14FN3/c1-7-2-9(5-14-11(7)12)15-6-8-3-10(15)4-13-8/h2,5,8,10,13H,3-4,6H2,1H3/t8-,10-/m1/s1. The first-order valence-electron chi connectivity index (χ1n) is 5.36. The maximum absolute atomic E-state index is 13.0. The Morgan fingerprint density at radius 3 is 3.07 bits per heavy atom. The largest absolute Gasteiger partial charge is 0.364 e.